The minimum atomic E-state index is -0.566. The fourth-order valence-corrected chi connectivity index (χ4v) is 2.08. The van der Waals surface area contributed by atoms with E-state index in [4.69, 9.17) is 5.73 Å². The molecule has 2 aromatic rings. The summed E-state index contributed by atoms with van der Waals surface area (Å²) in [7, 11) is 1.55. The average molecular weight is 326 g/mol. The largest absolute Gasteiger partial charge is 0.376 e. The lowest BCUT2D eigenvalue weighted by Gasteiger charge is -2.10. The van der Waals surface area contributed by atoms with Crippen LogP contribution in [0.2, 0.25) is 0 Å². The van der Waals surface area contributed by atoms with Gasteiger partial charge >= 0.3 is 0 Å². The van der Waals surface area contributed by atoms with Crippen LogP contribution >= 0.6 is 0 Å². The molecule has 0 fully saturated rings. The zero-order valence-electron chi connectivity index (χ0n) is 13.1. The van der Waals surface area contributed by atoms with Gasteiger partial charge in [-0.15, -0.1) is 0 Å². The van der Waals surface area contributed by atoms with Crippen LogP contribution in [0.15, 0.2) is 48.5 Å². The molecule has 2 rings (SSSR count). The number of hydrogen-bond donors (Lipinski definition) is 4. The molecule has 3 amide bonds. The quantitative estimate of drug-likeness (QED) is 0.638. The number of carbonyl (C=O) groups excluding carboxylic acids is 3. The Balaban J connectivity index is 1.94. The van der Waals surface area contributed by atoms with Crippen LogP contribution in [-0.2, 0) is 4.79 Å². The summed E-state index contributed by atoms with van der Waals surface area (Å²) in [6, 6.07) is 13.2. The minimum Gasteiger partial charge on any atom is -0.376 e. The first kappa shape index (κ1) is 17.0. The Labute approximate surface area is 139 Å². The molecule has 0 radical (unpaired) electrons. The Bertz CT molecular complexity index is 757. The smallest absolute Gasteiger partial charge is 0.251 e. The molecule has 0 aliphatic heterocycles. The monoisotopic (exact) mass is 326 g/mol. The van der Waals surface area contributed by atoms with E-state index >= 15 is 0 Å². The molecule has 0 heterocycles. The summed E-state index contributed by atoms with van der Waals surface area (Å²) in [5.74, 6) is -1.05. The fourth-order valence-electron chi connectivity index (χ4n) is 2.08. The Kier molecular flexibility index (Phi) is 5.51. The van der Waals surface area contributed by atoms with Crippen LogP contribution < -0.4 is 21.7 Å². The lowest BCUT2D eigenvalue weighted by atomic mass is 10.1. The third-order valence-electron chi connectivity index (χ3n) is 3.29. The second-order valence-electron chi connectivity index (χ2n) is 4.97. The zero-order valence-corrected chi connectivity index (χ0v) is 13.1. The van der Waals surface area contributed by atoms with Crippen LogP contribution in [0.5, 0.6) is 0 Å². The van der Waals surface area contributed by atoms with Crippen molar-refractivity contribution in [1.82, 2.24) is 5.32 Å². The Morgan fingerprint density at radius 2 is 1.67 bits per heavy atom. The van der Waals surface area contributed by atoms with Crippen molar-refractivity contribution < 1.29 is 14.4 Å². The molecule has 124 valence electrons. The van der Waals surface area contributed by atoms with Gasteiger partial charge in [0.05, 0.1) is 12.1 Å². The maximum Gasteiger partial charge on any atom is 0.251 e. The molecule has 0 atom stereocenters. The average Bonchev–Trinajstić information content (AvgIpc) is 2.60. The lowest BCUT2D eigenvalue weighted by molar-refractivity contribution is -0.114. The second kappa shape index (κ2) is 7.77. The Hall–Kier alpha value is -3.35. The van der Waals surface area contributed by atoms with Gasteiger partial charge < -0.3 is 21.7 Å². The van der Waals surface area contributed by atoms with Gasteiger partial charge in [0.25, 0.3) is 11.8 Å². The standard InChI is InChI=1S/C17H18N4O3/c1-19-17(24)11-6-8-12(9-7-11)21-15(22)10-20-14-5-3-2-4-13(14)16(18)23/h2-9,20H,10H2,1H3,(H2,18,23)(H,19,24)(H,21,22). The number of amides is 3. The number of nitrogens with two attached hydrogens (primary N) is 1. The van der Waals surface area contributed by atoms with E-state index in [9.17, 15) is 14.4 Å². The van der Waals surface area contributed by atoms with E-state index in [0.717, 1.165) is 0 Å². The molecule has 0 aliphatic rings. The number of hydrogen-bond acceptors (Lipinski definition) is 4. The van der Waals surface area contributed by atoms with E-state index in [1.807, 2.05) is 0 Å². The molecule has 0 bridgehead atoms. The van der Waals surface area contributed by atoms with E-state index < -0.39 is 5.91 Å². The topological polar surface area (TPSA) is 113 Å². The predicted octanol–water partition coefficient (Wildman–Crippen LogP) is 1.20. The number of primary amides is 1. The summed E-state index contributed by atoms with van der Waals surface area (Å²) < 4.78 is 0. The third kappa shape index (κ3) is 4.33. The number of nitrogens with one attached hydrogen (secondary N) is 3. The van der Waals surface area contributed by atoms with Gasteiger partial charge in [-0.05, 0) is 36.4 Å². The zero-order chi connectivity index (χ0) is 17.5. The highest BCUT2D eigenvalue weighted by atomic mass is 16.2. The number of rotatable bonds is 6. The number of para-hydroxylation sites is 1. The van der Waals surface area contributed by atoms with Crippen LogP contribution in [0, 0.1) is 0 Å². The molecule has 0 saturated carbocycles. The molecule has 0 aliphatic carbocycles. The van der Waals surface area contributed by atoms with Gasteiger partial charge in [-0.2, -0.15) is 0 Å². The lowest BCUT2D eigenvalue weighted by Crippen LogP contribution is -2.23. The number of carbonyl (C=O) groups is 3. The van der Waals surface area contributed by atoms with Crippen LogP contribution in [0.3, 0.4) is 0 Å². The van der Waals surface area contributed by atoms with E-state index in [1.165, 1.54) is 0 Å². The summed E-state index contributed by atoms with van der Waals surface area (Å²) in [6.07, 6.45) is 0. The molecule has 0 saturated heterocycles. The summed E-state index contributed by atoms with van der Waals surface area (Å²) in [5, 5.41) is 8.09. The van der Waals surface area contributed by atoms with E-state index in [-0.39, 0.29) is 18.4 Å². The van der Waals surface area contributed by atoms with E-state index in [1.54, 1.807) is 55.6 Å². The van der Waals surface area contributed by atoms with Crippen molar-refractivity contribution in [3.8, 4) is 0 Å². The molecule has 2 aromatic carbocycles. The van der Waals surface area contributed by atoms with Crippen molar-refractivity contribution in [2.24, 2.45) is 5.73 Å². The van der Waals surface area contributed by atoms with Gasteiger partial charge in [0, 0.05) is 24.0 Å². The van der Waals surface area contributed by atoms with E-state index in [2.05, 4.69) is 16.0 Å². The molecule has 7 heteroatoms. The fraction of sp³-hybridized carbons (Fsp3) is 0.118. The molecular formula is C17H18N4O3. The van der Waals surface area contributed by atoms with E-state index in [0.29, 0.717) is 22.5 Å². The van der Waals surface area contributed by atoms with Crippen molar-refractivity contribution in [3.63, 3.8) is 0 Å². The second-order valence-corrected chi connectivity index (χ2v) is 4.97. The highest BCUT2D eigenvalue weighted by Crippen LogP contribution is 2.14. The number of benzene rings is 2. The number of anilines is 2. The van der Waals surface area contributed by atoms with Gasteiger partial charge in [0.2, 0.25) is 5.91 Å². The third-order valence-corrected chi connectivity index (χ3v) is 3.29. The first-order valence-electron chi connectivity index (χ1n) is 7.26. The normalized spacial score (nSPS) is 9.88. The molecule has 5 N–H and O–H groups in total. The predicted molar refractivity (Wildman–Crippen MR) is 91.9 cm³/mol. The van der Waals surface area contributed by atoms with Crippen molar-refractivity contribution >= 4 is 29.1 Å². The minimum absolute atomic E-state index is 0.0263. The molecule has 24 heavy (non-hydrogen) atoms. The van der Waals surface area contributed by atoms with Gasteiger partial charge in [0.15, 0.2) is 0 Å². The van der Waals surface area contributed by atoms with Crippen LogP contribution in [-0.4, -0.2) is 31.3 Å². The molecule has 0 aromatic heterocycles. The SMILES string of the molecule is CNC(=O)c1ccc(NC(=O)CNc2ccccc2C(N)=O)cc1. The first-order valence-corrected chi connectivity index (χ1v) is 7.26. The Morgan fingerprint density at radius 3 is 2.29 bits per heavy atom. The highest BCUT2D eigenvalue weighted by molar-refractivity contribution is 6.00. The van der Waals surface area contributed by atoms with Crippen molar-refractivity contribution in [2.45, 2.75) is 0 Å². The summed E-state index contributed by atoms with van der Waals surface area (Å²) in [5.41, 5.74) is 7.17. The molecule has 7 nitrogen and oxygen atoms in total. The summed E-state index contributed by atoms with van der Waals surface area (Å²) in [6.45, 7) is -0.0263. The first-order chi connectivity index (χ1) is 11.5. The summed E-state index contributed by atoms with van der Waals surface area (Å²) >= 11 is 0. The molecular weight excluding hydrogens is 308 g/mol. The van der Waals surface area contributed by atoms with Gasteiger partial charge in [-0.25, -0.2) is 0 Å². The van der Waals surface area contributed by atoms with Crippen molar-refractivity contribution in [2.75, 3.05) is 24.2 Å². The Morgan fingerprint density at radius 1 is 1.00 bits per heavy atom. The summed E-state index contributed by atoms with van der Waals surface area (Å²) in [4.78, 5) is 34.7. The highest BCUT2D eigenvalue weighted by Gasteiger charge is 2.09. The maximum atomic E-state index is 12.0. The maximum absolute atomic E-state index is 12.0. The van der Waals surface area contributed by atoms with Crippen LogP contribution in [0.1, 0.15) is 20.7 Å². The van der Waals surface area contributed by atoms with Crippen molar-refractivity contribution in [3.05, 3.63) is 59.7 Å². The molecule has 0 unspecified atom stereocenters. The van der Waals surface area contributed by atoms with Gasteiger partial charge in [0.1, 0.15) is 0 Å². The molecule has 0 spiro atoms. The van der Waals surface area contributed by atoms with Crippen molar-refractivity contribution in [1.29, 1.82) is 0 Å². The van der Waals surface area contributed by atoms with Gasteiger partial charge in [-0.3, -0.25) is 14.4 Å². The van der Waals surface area contributed by atoms with Crippen LogP contribution in [0.4, 0.5) is 11.4 Å². The van der Waals surface area contributed by atoms with Crippen LogP contribution in [0.25, 0.3) is 0 Å². The van der Waals surface area contributed by atoms with Gasteiger partial charge in [-0.1, -0.05) is 12.1 Å².